The number of aromatic nitrogens is 2. The van der Waals surface area contributed by atoms with E-state index in [2.05, 4.69) is 10.4 Å². The average molecular weight is 482 g/mol. The van der Waals surface area contributed by atoms with Crippen molar-refractivity contribution >= 4 is 17.3 Å². The first-order chi connectivity index (χ1) is 16.3. The zero-order chi connectivity index (χ0) is 24.3. The van der Waals surface area contributed by atoms with E-state index in [-0.39, 0.29) is 31.1 Å². The van der Waals surface area contributed by atoms with Crippen LogP contribution in [0.15, 0.2) is 41.3 Å². The Bertz CT molecular complexity index is 1060. The van der Waals surface area contributed by atoms with Crippen molar-refractivity contribution in [3.8, 4) is 0 Å². The molecule has 1 N–H and O–H groups in total. The van der Waals surface area contributed by atoms with Gasteiger partial charge in [0, 0.05) is 39.8 Å². The molecule has 184 valence electrons. The number of fused-ring (bicyclic) bond motifs is 1. The molecule has 1 aromatic carbocycles. The number of anilines is 2. The Morgan fingerprint density at radius 3 is 2.56 bits per heavy atom. The van der Waals surface area contributed by atoms with Gasteiger partial charge in [0.15, 0.2) is 6.29 Å². The van der Waals surface area contributed by atoms with Crippen molar-refractivity contribution in [1.29, 1.82) is 0 Å². The van der Waals surface area contributed by atoms with E-state index in [0.29, 0.717) is 26.2 Å². The molecule has 4 rings (SSSR count). The summed E-state index contributed by atoms with van der Waals surface area (Å²) in [6.45, 7) is 2.68. The van der Waals surface area contributed by atoms with Gasteiger partial charge >= 0.3 is 12.1 Å². The number of hydroxylamine groups is 1. The van der Waals surface area contributed by atoms with Crippen LogP contribution in [0.2, 0.25) is 0 Å². The molecule has 2 aliphatic heterocycles. The highest BCUT2D eigenvalue weighted by Gasteiger charge is 2.49. The van der Waals surface area contributed by atoms with Gasteiger partial charge in [-0.3, -0.25) is 9.69 Å². The maximum absolute atomic E-state index is 13.4. The van der Waals surface area contributed by atoms with Crippen molar-refractivity contribution in [1.82, 2.24) is 20.0 Å². The molecule has 34 heavy (non-hydrogen) atoms. The summed E-state index contributed by atoms with van der Waals surface area (Å²) >= 11 is 0. The Morgan fingerprint density at radius 2 is 1.91 bits per heavy atom. The van der Waals surface area contributed by atoms with Crippen LogP contribution in [0.5, 0.6) is 0 Å². The number of alkyl halides is 3. The van der Waals surface area contributed by atoms with Crippen molar-refractivity contribution < 1.29 is 27.5 Å². The lowest BCUT2D eigenvalue weighted by Crippen LogP contribution is -2.60. The number of piperazine rings is 1. The Hall–Kier alpha value is -3.16. The third kappa shape index (κ3) is 4.86. The molecule has 13 heteroatoms. The predicted molar refractivity (Wildman–Crippen MR) is 116 cm³/mol. The minimum absolute atomic E-state index is 0.00395. The van der Waals surface area contributed by atoms with E-state index >= 15 is 0 Å². The summed E-state index contributed by atoms with van der Waals surface area (Å²) in [4.78, 5) is 33.7. The molecule has 3 heterocycles. The summed E-state index contributed by atoms with van der Waals surface area (Å²) in [6.07, 6.45) is -4.92. The molecule has 1 unspecified atom stereocenters. The number of carbonyl (C=O) groups excluding carboxylic acids is 1. The third-order valence-corrected chi connectivity index (χ3v) is 5.61. The van der Waals surface area contributed by atoms with Gasteiger partial charge in [0.1, 0.15) is 11.4 Å². The Labute approximate surface area is 193 Å². The summed E-state index contributed by atoms with van der Waals surface area (Å²) in [6, 6.07) is 9.20. The zero-order valence-electron chi connectivity index (χ0n) is 18.5. The number of rotatable bonds is 7. The number of nitrogens with zero attached hydrogens (tertiary/aromatic N) is 5. The molecule has 1 fully saturated rings. The molecule has 1 aromatic heterocycles. The van der Waals surface area contributed by atoms with Crippen LogP contribution in [0.1, 0.15) is 5.56 Å². The summed E-state index contributed by atoms with van der Waals surface area (Å²) in [5, 5.41) is 8.13. The molecule has 2 aromatic rings. The van der Waals surface area contributed by atoms with Gasteiger partial charge in [0.25, 0.3) is 5.56 Å². The van der Waals surface area contributed by atoms with Crippen molar-refractivity contribution in [3.05, 3.63) is 52.4 Å². The second-order valence-corrected chi connectivity index (χ2v) is 7.85. The molecule has 0 amide bonds. The maximum atomic E-state index is 13.4. The van der Waals surface area contributed by atoms with E-state index in [1.807, 2.05) is 35.2 Å². The van der Waals surface area contributed by atoms with E-state index in [0.717, 1.165) is 10.6 Å². The molecule has 10 nitrogen and oxygen atoms in total. The molecule has 0 spiro atoms. The SMILES string of the molecule is COCCn1ncc2c(c1=O)N(Cc1ccccc1)C(N1CCNCC1)N2OC(=O)C(F)(F)F. The topological polar surface area (TPSA) is 92.2 Å². The van der Waals surface area contributed by atoms with Crippen molar-refractivity contribution in [2.24, 2.45) is 0 Å². The largest absolute Gasteiger partial charge is 0.493 e. The summed E-state index contributed by atoms with van der Waals surface area (Å²) in [7, 11) is 1.48. The van der Waals surface area contributed by atoms with Gasteiger partial charge < -0.3 is 19.8 Å². The van der Waals surface area contributed by atoms with Gasteiger partial charge in [-0.1, -0.05) is 30.3 Å². The van der Waals surface area contributed by atoms with Crippen molar-refractivity contribution in [2.75, 3.05) is 49.9 Å². The van der Waals surface area contributed by atoms with Gasteiger partial charge in [-0.25, -0.2) is 9.48 Å². The molecule has 0 saturated carbocycles. The molecular weight excluding hydrogens is 457 g/mol. The first-order valence-electron chi connectivity index (χ1n) is 10.7. The van der Waals surface area contributed by atoms with E-state index in [9.17, 15) is 22.8 Å². The summed E-state index contributed by atoms with van der Waals surface area (Å²) in [5.41, 5.74) is 0.414. The fourth-order valence-corrected chi connectivity index (χ4v) is 4.04. The van der Waals surface area contributed by atoms with E-state index in [1.165, 1.54) is 18.0 Å². The Morgan fingerprint density at radius 1 is 1.21 bits per heavy atom. The van der Waals surface area contributed by atoms with Crippen LogP contribution in [-0.4, -0.2) is 73.0 Å². The number of hydrogen-bond donors (Lipinski definition) is 1. The lowest BCUT2D eigenvalue weighted by Gasteiger charge is -2.41. The number of benzene rings is 1. The highest BCUT2D eigenvalue weighted by molar-refractivity contribution is 5.80. The Kier molecular flexibility index (Phi) is 7.05. The first kappa shape index (κ1) is 24.0. The van der Waals surface area contributed by atoms with Crippen LogP contribution < -0.4 is 20.8 Å². The molecule has 0 aliphatic carbocycles. The summed E-state index contributed by atoms with van der Waals surface area (Å²) < 4.78 is 45.6. The highest BCUT2D eigenvalue weighted by Crippen LogP contribution is 2.39. The predicted octanol–water partition coefficient (Wildman–Crippen LogP) is 0.926. The molecule has 1 saturated heterocycles. The monoisotopic (exact) mass is 482 g/mol. The molecule has 0 radical (unpaired) electrons. The average Bonchev–Trinajstić information content (AvgIpc) is 3.12. The van der Waals surface area contributed by atoms with Gasteiger partial charge in [-0.05, 0) is 5.56 Å². The zero-order valence-corrected chi connectivity index (χ0v) is 18.5. The van der Waals surface area contributed by atoms with Crippen molar-refractivity contribution in [3.63, 3.8) is 0 Å². The second kappa shape index (κ2) is 9.99. The van der Waals surface area contributed by atoms with Gasteiger partial charge in [0.2, 0.25) is 0 Å². The number of methoxy groups -OCH3 is 1. The number of nitrogens with one attached hydrogen (secondary N) is 1. The van der Waals surface area contributed by atoms with Crippen LogP contribution >= 0.6 is 0 Å². The highest BCUT2D eigenvalue weighted by atomic mass is 19.4. The fourth-order valence-electron chi connectivity index (χ4n) is 4.04. The van der Waals surface area contributed by atoms with Gasteiger partial charge in [-0.2, -0.15) is 23.3 Å². The molecular formula is C21H25F3N6O4. The molecule has 2 aliphatic rings. The van der Waals surface area contributed by atoms with E-state index < -0.39 is 24.0 Å². The normalized spacial score (nSPS) is 18.8. The summed E-state index contributed by atoms with van der Waals surface area (Å²) in [5.74, 6) is -2.37. The lowest BCUT2D eigenvalue weighted by atomic mass is 10.2. The maximum Gasteiger partial charge on any atom is 0.493 e. The number of halogens is 3. The molecule has 1 atom stereocenters. The van der Waals surface area contributed by atoms with Crippen LogP contribution in [0.3, 0.4) is 0 Å². The number of carbonyl (C=O) groups is 1. The van der Waals surface area contributed by atoms with Gasteiger partial charge in [-0.15, -0.1) is 0 Å². The molecule has 0 bridgehead atoms. The third-order valence-electron chi connectivity index (χ3n) is 5.61. The van der Waals surface area contributed by atoms with E-state index in [4.69, 9.17) is 9.57 Å². The Balaban J connectivity index is 1.82. The number of ether oxygens (including phenoxy) is 1. The van der Waals surface area contributed by atoms with Crippen LogP contribution in [0, 0.1) is 0 Å². The standard InChI is InChI=1S/C21H25F3N6O4/c1-33-12-11-29-18(31)17-16(13-26-29)30(34-19(32)21(22,23)24)20(27-9-7-25-8-10-27)28(17)14-15-5-3-2-4-6-15/h2-6,13,20,25H,7-12,14H2,1H3. The minimum atomic E-state index is -5.21. The first-order valence-corrected chi connectivity index (χ1v) is 10.7. The minimum Gasteiger partial charge on any atom is -0.383 e. The van der Waals surface area contributed by atoms with E-state index in [1.54, 1.807) is 4.90 Å². The van der Waals surface area contributed by atoms with Crippen molar-refractivity contribution in [2.45, 2.75) is 25.6 Å². The fraction of sp³-hybridized carbons (Fsp3) is 0.476. The van der Waals surface area contributed by atoms with Crippen LogP contribution in [-0.2, 0) is 27.5 Å². The second-order valence-electron chi connectivity index (χ2n) is 7.85. The van der Waals surface area contributed by atoms with Crippen LogP contribution in [0.25, 0.3) is 0 Å². The lowest BCUT2D eigenvalue weighted by molar-refractivity contribution is -0.203. The smallest absolute Gasteiger partial charge is 0.383 e. The van der Waals surface area contributed by atoms with Gasteiger partial charge in [0.05, 0.1) is 19.3 Å². The quantitative estimate of drug-likeness (QED) is 0.619. The number of hydrogen-bond acceptors (Lipinski definition) is 9. The van der Waals surface area contributed by atoms with Crippen LogP contribution in [0.4, 0.5) is 24.5 Å².